The lowest BCUT2D eigenvalue weighted by atomic mass is 9.85. The first-order valence-electron chi connectivity index (χ1n) is 24.2. The van der Waals surface area contributed by atoms with Crippen LogP contribution >= 0.6 is 0 Å². The van der Waals surface area contributed by atoms with E-state index in [-0.39, 0.29) is 10.8 Å². The third-order valence-corrected chi connectivity index (χ3v) is 13.8. The number of benzene rings is 8. The van der Waals surface area contributed by atoms with E-state index in [1.54, 1.807) is 0 Å². The van der Waals surface area contributed by atoms with Gasteiger partial charge in [0.1, 0.15) is 0 Å². The minimum atomic E-state index is -0.0376. The highest BCUT2D eigenvalue weighted by atomic mass is 15.2. The topological polar surface area (TPSA) is 52.9 Å². The molecule has 70 heavy (non-hydrogen) atoms. The van der Waals surface area contributed by atoms with Gasteiger partial charge in [-0.05, 0) is 133 Å². The molecule has 0 aliphatic heterocycles. The van der Waals surface area contributed by atoms with Crippen molar-refractivity contribution >= 4 is 49.3 Å². The molecule has 0 spiro atoms. The van der Waals surface area contributed by atoms with Crippen LogP contribution in [0.4, 0.5) is 5.69 Å². The summed E-state index contributed by atoms with van der Waals surface area (Å²) >= 11 is 0. The number of nitrogens with zero attached hydrogens (tertiary/aromatic N) is 6. The Morgan fingerprint density at radius 2 is 0.814 bits per heavy atom. The Labute approximate surface area is 410 Å². The zero-order chi connectivity index (χ0) is 48.8. The zero-order valence-electron chi connectivity index (χ0n) is 41.7. The van der Waals surface area contributed by atoms with Crippen LogP contribution in [0.2, 0.25) is 0 Å². The maximum Gasteiger partial charge on any atom is 0.238 e. The fourth-order valence-corrected chi connectivity index (χ4v) is 10.3. The van der Waals surface area contributed by atoms with Crippen LogP contribution < -0.4 is 0 Å². The summed E-state index contributed by atoms with van der Waals surface area (Å²) in [4.78, 5) is 20.0. The van der Waals surface area contributed by atoms with Crippen LogP contribution in [0.15, 0.2) is 158 Å². The minimum absolute atomic E-state index is 0.0376. The molecule has 8 aromatic carbocycles. The van der Waals surface area contributed by atoms with Crippen LogP contribution in [0, 0.1) is 34.3 Å². The first-order valence-corrected chi connectivity index (χ1v) is 24.2. The van der Waals surface area contributed by atoms with E-state index >= 15 is 0 Å². The predicted octanol–water partition coefficient (Wildman–Crippen LogP) is 17.1. The van der Waals surface area contributed by atoms with Crippen molar-refractivity contribution in [2.24, 2.45) is 0 Å². The van der Waals surface area contributed by atoms with Gasteiger partial charge in [0, 0.05) is 32.7 Å². The van der Waals surface area contributed by atoms with E-state index in [1.165, 1.54) is 44.5 Å². The summed E-state index contributed by atoms with van der Waals surface area (Å²) in [7, 11) is 0. The van der Waals surface area contributed by atoms with Crippen LogP contribution in [0.5, 0.6) is 0 Å². The molecule has 0 radical (unpaired) electrons. The minimum Gasteiger partial charge on any atom is -0.319 e. The molecular formula is C64H56N6. The Balaban J connectivity index is 1.12. The van der Waals surface area contributed by atoms with Crippen LogP contribution in [-0.2, 0) is 10.8 Å². The Kier molecular flexibility index (Phi) is 10.5. The fourth-order valence-electron chi connectivity index (χ4n) is 10.3. The molecule has 0 saturated carbocycles. The lowest BCUT2D eigenvalue weighted by Gasteiger charge is -2.19. The van der Waals surface area contributed by atoms with Crippen molar-refractivity contribution in [2.45, 2.75) is 80.1 Å². The fraction of sp³-hybridized carbons (Fsp3) is 0.188. The second kappa shape index (κ2) is 16.5. The van der Waals surface area contributed by atoms with E-state index in [0.29, 0.717) is 23.3 Å². The van der Waals surface area contributed by atoms with Crippen molar-refractivity contribution in [3.05, 3.63) is 203 Å². The summed E-state index contributed by atoms with van der Waals surface area (Å²) in [6.45, 7) is 30.9. The standard InChI is InChI=1S/C64H56N6/c1-38-27-39(2)30-46(29-38)43-17-22-55-50(33-43)51-34-44(47-31-40(3)28-41(4)32-47)18-23-56(51)69(55)59-24-19-45(35-54(59)65-11)61-66-60(42-15-13-12-14-16-42)67-62(68-61)70-57-25-20-48(63(5,6)7)36-52(57)53-37-49(64(8,9)10)21-26-58(53)70/h12-37H,1-10H3. The van der Waals surface area contributed by atoms with Gasteiger partial charge in [-0.3, -0.25) is 4.57 Å². The highest BCUT2D eigenvalue weighted by molar-refractivity contribution is 6.12. The molecule has 11 rings (SSSR count). The highest BCUT2D eigenvalue weighted by Crippen LogP contribution is 2.42. The smallest absolute Gasteiger partial charge is 0.238 e. The van der Waals surface area contributed by atoms with Crippen LogP contribution in [0.25, 0.3) is 105 Å². The molecular weight excluding hydrogens is 853 g/mol. The quantitative estimate of drug-likeness (QED) is 0.156. The van der Waals surface area contributed by atoms with E-state index < -0.39 is 0 Å². The maximum absolute atomic E-state index is 8.73. The Morgan fingerprint density at radius 3 is 1.29 bits per heavy atom. The van der Waals surface area contributed by atoms with E-state index in [4.69, 9.17) is 21.5 Å². The Hall–Kier alpha value is -8.14. The second-order valence-electron chi connectivity index (χ2n) is 21.3. The average Bonchev–Trinajstić information content (AvgIpc) is 3.84. The molecule has 3 heterocycles. The van der Waals surface area contributed by atoms with Crippen LogP contribution in [0.3, 0.4) is 0 Å². The molecule has 0 aliphatic carbocycles. The molecule has 342 valence electrons. The third-order valence-electron chi connectivity index (χ3n) is 13.8. The first-order chi connectivity index (χ1) is 33.5. The van der Waals surface area contributed by atoms with Gasteiger partial charge >= 0.3 is 0 Å². The number of hydrogen-bond acceptors (Lipinski definition) is 3. The average molecular weight is 909 g/mol. The maximum atomic E-state index is 8.73. The monoisotopic (exact) mass is 908 g/mol. The summed E-state index contributed by atoms with van der Waals surface area (Å²) < 4.78 is 4.43. The van der Waals surface area contributed by atoms with Crippen molar-refractivity contribution in [1.29, 1.82) is 0 Å². The molecule has 6 heteroatoms. The number of fused-ring (bicyclic) bond motifs is 6. The Morgan fingerprint density at radius 1 is 0.386 bits per heavy atom. The third kappa shape index (κ3) is 7.82. The van der Waals surface area contributed by atoms with Gasteiger partial charge in [-0.25, -0.2) is 9.83 Å². The Bertz CT molecular complexity index is 3740. The molecule has 0 N–H and O–H groups in total. The van der Waals surface area contributed by atoms with E-state index in [9.17, 15) is 0 Å². The van der Waals surface area contributed by atoms with Crippen LogP contribution in [0.1, 0.15) is 74.9 Å². The van der Waals surface area contributed by atoms with Crippen LogP contribution in [-0.4, -0.2) is 24.1 Å². The lowest BCUT2D eigenvalue weighted by Crippen LogP contribution is -2.10. The number of aryl methyl sites for hydroxylation is 4. The van der Waals surface area contributed by atoms with E-state index in [0.717, 1.165) is 71.6 Å². The molecule has 0 fully saturated rings. The zero-order valence-corrected chi connectivity index (χ0v) is 41.7. The second-order valence-corrected chi connectivity index (χ2v) is 21.3. The molecule has 0 atom stereocenters. The summed E-state index contributed by atoms with van der Waals surface area (Å²) in [6, 6.07) is 56.7. The van der Waals surface area contributed by atoms with Gasteiger partial charge < -0.3 is 4.57 Å². The number of hydrogen-bond donors (Lipinski definition) is 0. The van der Waals surface area contributed by atoms with Gasteiger partial charge in [-0.15, -0.1) is 0 Å². The summed E-state index contributed by atoms with van der Waals surface area (Å²) in [6.07, 6.45) is 0. The molecule has 0 saturated heterocycles. The van der Waals surface area contributed by atoms with Crippen molar-refractivity contribution < 1.29 is 0 Å². The van der Waals surface area contributed by atoms with Gasteiger partial charge in [0.15, 0.2) is 11.6 Å². The molecule has 0 aliphatic rings. The molecule has 0 unspecified atom stereocenters. The number of rotatable bonds is 6. The summed E-state index contributed by atoms with van der Waals surface area (Å²) in [5.41, 5.74) is 19.1. The SMILES string of the molecule is [C-]#[N+]c1cc(-c2nc(-c3ccccc3)nc(-n3c4ccc(C(C)(C)C)cc4c4cc(C(C)(C)C)ccc43)n2)ccc1-n1c2ccc(-c3cc(C)cc(C)c3)cc2c2cc(-c3cc(C)cc(C)c3)ccc21. The van der Waals surface area contributed by atoms with Crippen molar-refractivity contribution in [3.63, 3.8) is 0 Å². The normalized spacial score (nSPS) is 12.1. The summed E-state index contributed by atoms with van der Waals surface area (Å²) in [5, 5.41) is 4.57. The first kappa shape index (κ1) is 44.4. The van der Waals surface area contributed by atoms with Gasteiger partial charge in [0.2, 0.25) is 11.6 Å². The van der Waals surface area contributed by atoms with E-state index in [1.807, 2.05) is 36.4 Å². The van der Waals surface area contributed by atoms with Crippen molar-refractivity contribution in [1.82, 2.24) is 24.1 Å². The predicted molar refractivity (Wildman–Crippen MR) is 293 cm³/mol. The van der Waals surface area contributed by atoms with Gasteiger partial charge in [0.25, 0.3) is 0 Å². The molecule has 6 nitrogen and oxygen atoms in total. The van der Waals surface area contributed by atoms with E-state index in [2.05, 4.69) is 205 Å². The largest absolute Gasteiger partial charge is 0.319 e. The van der Waals surface area contributed by atoms with Crippen molar-refractivity contribution in [2.75, 3.05) is 0 Å². The molecule has 0 bridgehead atoms. The van der Waals surface area contributed by atoms with Crippen molar-refractivity contribution in [3.8, 4) is 56.7 Å². The van der Waals surface area contributed by atoms with Gasteiger partial charge in [-0.2, -0.15) is 9.97 Å². The van der Waals surface area contributed by atoms with Gasteiger partial charge in [0.05, 0.1) is 34.3 Å². The van der Waals surface area contributed by atoms with Gasteiger partial charge in [-0.1, -0.05) is 161 Å². The number of aromatic nitrogens is 5. The molecule has 11 aromatic rings. The highest BCUT2D eigenvalue weighted by Gasteiger charge is 2.24. The lowest BCUT2D eigenvalue weighted by molar-refractivity contribution is 0.590. The molecule has 3 aromatic heterocycles. The summed E-state index contributed by atoms with van der Waals surface area (Å²) in [5.74, 6) is 1.57. The molecule has 0 amide bonds.